The molecule has 2 aliphatic heterocycles. The first-order valence-electron chi connectivity index (χ1n) is 10.8. The molecule has 5 heterocycles. The molecule has 2 aliphatic rings. The molecule has 3 aromatic rings. The van der Waals surface area contributed by atoms with Crippen LogP contribution in [0.15, 0.2) is 53.6 Å². The molecule has 1 spiro atoms. The maximum atomic E-state index is 12.7. The van der Waals surface area contributed by atoms with Crippen molar-refractivity contribution in [2.45, 2.75) is 37.7 Å². The van der Waals surface area contributed by atoms with E-state index in [2.05, 4.69) is 20.1 Å². The molecule has 1 atom stereocenters. The van der Waals surface area contributed by atoms with E-state index in [1.54, 1.807) is 30.9 Å². The molecule has 0 aromatic carbocycles. The summed E-state index contributed by atoms with van der Waals surface area (Å²) >= 11 is 0. The molecule has 0 saturated carbocycles. The number of piperidine rings is 1. The van der Waals surface area contributed by atoms with E-state index >= 15 is 0 Å². The van der Waals surface area contributed by atoms with Crippen LogP contribution in [0, 0.1) is 5.92 Å². The second kappa shape index (κ2) is 8.55. The number of pyridine rings is 2. The van der Waals surface area contributed by atoms with Crippen molar-refractivity contribution >= 4 is 5.91 Å². The van der Waals surface area contributed by atoms with Gasteiger partial charge in [-0.25, -0.2) is 0 Å². The lowest BCUT2D eigenvalue weighted by molar-refractivity contribution is -0.124. The normalized spacial score (nSPS) is 20.6. The van der Waals surface area contributed by atoms with Crippen LogP contribution in [0.3, 0.4) is 0 Å². The number of ether oxygens (including phenoxy) is 1. The third kappa shape index (κ3) is 4.34. The van der Waals surface area contributed by atoms with Crippen molar-refractivity contribution in [3.63, 3.8) is 0 Å². The summed E-state index contributed by atoms with van der Waals surface area (Å²) in [7, 11) is 0. The first kappa shape index (κ1) is 19.8. The maximum absolute atomic E-state index is 12.7. The summed E-state index contributed by atoms with van der Waals surface area (Å²) in [4.78, 5) is 27.3. The van der Waals surface area contributed by atoms with Gasteiger partial charge in [0.15, 0.2) is 0 Å². The number of amides is 1. The molecule has 2 fully saturated rings. The fourth-order valence-electron chi connectivity index (χ4n) is 4.64. The number of likely N-dealkylation sites (tertiary alicyclic amines) is 1. The Kier molecular flexibility index (Phi) is 5.46. The number of hydrogen-bond donors (Lipinski definition) is 0. The number of aromatic nitrogens is 4. The average Bonchev–Trinajstić information content (AvgIpc) is 3.29. The molecular formula is C23H25N5O3. The zero-order chi connectivity index (χ0) is 21.1. The van der Waals surface area contributed by atoms with Crippen molar-refractivity contribution < 1.29 is 14.1 Å². The summed E-state index contributed by atoms with van der Waals surface area (Å²) < 4.78 is 11.8. The van der Waals surface area contributed by atoms with Crippen LogP contribution >= 0.6 is 0 Å². The van der Waals surface area contributed by atoms with Crippen molar-refractivity contribution in [2.75, 3.05) is 19.7 Å². The van der Waals surface area contributed by atoms with Crippen molar-refractivity contribution in [3.05, 3.63) is 60.5 Å². The van der Waals surface area contributed by atoms with Gasteiger partial charge in [-0.1, -0.05) is 5.16 Å². The number of carbonyl (C=O) groups is 1. The van der Waals surface area contributed by atoms with Gasteiger partial charge >= 0.3 is 0 Å². The Bertz CT molecular complexity index is 1020. The van der Waals surface area contributed by atoms with Crippen LogP contribution in [0.2, 0.25) is 0 Å². The van der Waals surface area contributed by atoms with Gasteiger partial charge in [-0.05, 0) is 55.9 Å². The Morgan fingerprint density at radius 1 is 1.13 bits per heavy atom. The highest BCUT2D eigenvalue weighted by Crippen LogP contribution is 2.39. The van der Waals surface area contributed by atoms with Gasteiger partial charge in [0.25, 0.3) is 5.91 Å². The summed E-state index contributed by atoms with van der Waals surface area (Å²) in [6.45, 7) is 2.13. The number of carbonyl (C=O) groups excluding carboxylic acids is 1. The van der Waals surface area contributed by atoms with Crippen LogP contribution in [0.5, 0.6) is 0 Å². The zero-order valence-electron chi connectivity index (χ0n) is 17.3. The molecule has 0 bridgehead atoms. The number of hydrogen-bond acceptors (Lipinski definition) is 7. The molecular weight excluding hydrogens is 394 g/mol. The lowest BCUT2D eigenvalue weighted by atomic mass is 9.78. The standard InChI is InChI=1S/C23H25N5O3/c29-22(19-4-2-9-25-16-19)28-10-6-23(7-11-28)14-17(5-12-30-23)13-20-26-21(27-31-20)18-3-1-8-24-15-18/h1-4,8-9,15-17H,5-7,10-14H2. The van der Waals surface area contributed by atoms with E-state index in [0.717, 1.165) is 44.3 Å². The monoisotopic (exact) mass is 419 g/mol. The van der Waals surface area contributed by atoms with E-state index in [0.29, 0.717) is 36.3 Å². The van der Waals surface area contributed by atoms with Crippen LogP contribution in [0.4, 0.5) is 0 Å². The molecule has 8 nitrogen and oxygen atoms in total. The predicted octanol–water partition coefficient (Wildman–Crippen LogP) is 3.17. The van der Waals surface area contributed by atoms with Crippen LogP contribution in [-0.2, 0) is 11.2 Å². The van der Waals surface area contributed by atoms with Crippen molar-refractivity contribution in [1.29, 1.82) is 0 Å². The highest BCUT2D eigenvalue weighted by Gasteiger charge is 2.41. The summed E-state index contributed by atoms with van der Waals surface area (Å²) in [6.07, 6.45) is 11.1. The molecule has 1 amide bonds. The van der Waals surface area contributed by atoms with Gasteiger partial charge in [0.05, 0.1) is 11.2 Å². The van der Waals surface area contributed by atoms with Crippen LogP contribution < -0.4 is 0 Å². The molecule has 8 heteroatoms. The molecule has 2 saturated heterocycles. The maximum Gasteiger partial charge on any atom is 0.255 e. The number of nitrogens with zero attached hydrogens (tertiary/aromatic N) is 5. The van der Waals surface area contributed by atoms with Gasteiger partial charge in [-0.15, -0.1) is 0 Å². The molecule has 1 unspecified atom stereocenters. The van der Waals surface area contributed by atoms with Crippen molar-refractivity contribution in [1.82, 2.24) is 25.0 Å². The number of rotatable bonds is 4. The quantitative estimate of drug-likeness (QED) is 0.641. The third-order valence-corrected chi connectivity index (χ3v) is 6.32. The second-order valence-electron chi connectivity index (χ2n) is 8.38. The summed E-state index contributed by atoms with van der Waals surface area (Å²) in [6, 6.07) is 7.40. The minimum Gasteiger partial charge on any atom is -0.375 e. The fourth-order valence-corrected chi connectivity index (χ4v) is 4.64. The molecule has 0 aliphatic carbocycles. The Morgan fingerprint density at radius 2 is 1.94 bits per heavy atom. The predicted molar refractivity (Wildman–Crippen MR) is 112 cm³/mol. The van der Waals surface area contributed by atoms with Crippen LogP contribution in [0.1, 0.15) is 41.9 Å². The highest BCUT2D eigenvalue weighted by molar-refractivity contribution is 5.93. The van der Waals surface area contributed by atoms with Gasteiger partial charge in [0, 0.05) is 56.5 Å². The first-order chi connectivity index (χ1) is 15.2. The summed E-state index contributed by atoms with van der Waals surface area (Å²) in [5.41, 5.74) is 1.33. The van der Waals surface area contributed by atoms with E-state index in [4.69, 9.17) is 9.26 Å². The third-order valence-electron chi connectivity index (χ3n) is 6.32. The van der Waals surface area contributed by atoms with E-state index in [9.17, 15) is 4.79 Å². The van der Waals surface area contributed by atoms with Crippen molar-refractivity contribution in [2.24, 2.45) is 5.92 Å². The largest absolute Gasteiger partial charge is 0.375 e. The van der Waals surface area contributed by atoms with Gasteiger partial charge < -0.3 is 14.2 Å². The minimum absolute atomic E-state index is 0.0455. The zero-order valence-corrected chi connectivity index (χ0v) is 17.3. The molecule has 31 heavy (non-hydrogen) atoms. The van der Waals surface area contributed by atoms with E-state index < -0.39 is 0 Å². The van der Waals surface area contributed by atoms with Gasteiger partial charge in [-0.3, -0.25) is 14.8 Å². The Hall–Kier alpha value is -3.13. The lowest BCUT2D eigenvalue weighted by Crippen LogP contribution is -2.51. The minimum atomic E-state index is -0.166. The highest BCUT2D eigenvalue weighted by atomic mass is 16.5. The second-order valence-corrected chi connectivity index (χ2v) is 8.38. The van der Waals surface area contributed by atoms with Crippen LogP contribution in [-0.4, -0.2) is 56.2 Å². The molecule has 3 aromatic heterocycles. The van der Waals surface area contributed by atoms with Gasteiger partial charge in [-0.2, -0.15) is 4.98 Å². The molecule has 0 N–H and O–H groups in total. The molecule has 160 valence electrons. The van der Waals surface area contributed by atoms with E-state index in [1.807, 2.05) is 23.1 Å². The SMILES string of the molecule is O=C(c1cccnc1)N1CCC2(CC1)CC(Cc1nc(-c3cccnc3)no1)CCO2. The summed E-state index contributed by atoms with van der Waals surface area (Å²) in [5.74, 6) is 1.71. The first-order valence-corrected chi connectivity index (χ1v) is 10.8. The Labute approximate surface area is 180 Å². The Balaban J connectivity index is 1.19. The smallest absolute Gasteiger partial charge is 0.255 e. The summed E-state index contributed by atoms with van der Waals surface area (Å²) in [5, 5.41) is 4.11. The van der Waals surface area contributed by atoms with Gasteiger partial charge in [0.2, 0.25) is 11.7 Å². The van der Waals surface area contributed by atoms with Gasteiger partial charge in [0.1, 0.15) is 0 Å². The topological polar surface area (TPSA) is 94.2 Å². The molecule has 5 rings (SSSR count). The average molecular weight is 419 g/mol. The van der Waals surface area contributed by atoms with E-state index in [-0.39, 0.29) is 11.5 Å². The van der Waals surface area contributed by atoms with Crippen molar-refractivity contribution in [3.8, 4) is 11.4 Å². The Morgan fingerprint density at radius 3 is 2.68 bits per heavy atom. The van der Waals surface area contributed by atoms with E-state index in [1.165, 1.54) is 0 Å². The molecule has 0 radical (unpaired) electrons. The van der Waals surface area contributed by atoms with Crippen LogP contribution in [0.25, 0.3) is 11.4 Å². The fraction of sp³-hybridized carbons (Fsp3) is 0.435. The lowest BCUT2D eigenvalue weighted by Gasteiger charge is -2.46.